The van der Waals surface area contributed by atoms with Gasteiger partial charge in [0.1, 0.15) is 4.88 Å². The lowest BCUT2D eigenvalue weighted by Gasteiger charge is -2.20. The van der Waals surface area contributed by atoms with Crippen molar-refractivity contribution in [3.8, 4) is 11.1 Å². The fourth-order valence-corrected chi connectivity index (χ4v) is 5.65. The predicted molar refractivity (Wildman–Crippen MR) is 144 cm³/mol. The maximum Gasteiger partial charge on any atom is 0.263 e. The van der Waals surface area contributed by atoms with E-state index in [4.69, 9.17) is 11.6 Å². The summed E-state index contributed by atoms with van der Waals surface area (Å²) in [4.78, 5) is 17.2. The summed E-state index contributed by atoms with van der Waals surface area (Å²) >= 11 is 7.80. The Balaban J connectivity index is 0.000000291. The first-order valence-corrected chi connectivity index (χ1v) is 13.0. The number of fused-ring (bicyclic) bond motifs is 1. The van der Waals surface area contributed by atoms with Crippen LogP contribution in [0.25, 0.3) is 21.2 Å². The average molecular weight is 492 g/mol. The first-order chi connectivity index (χ1) is 16.7. The summed E-state index contributed by atoms with van der Waals surface area (Å²) in [6.07, 6.45) is 10.7. The van der Waals surface area contributed by atoms with Crippen molar-refractivity contribution in [1.29, 1.82) is 0 Å². The lowest BCUT2D eigenvalue weighted by Crippen LogP contribution is -2.26. The number of halogens is 1. The number of carbonyl (C=O) groups excluding carboxylic acids is 1. The Kier molecular flexibility index (Phi) is 8.69. The van der Waals surface area contributed by atoms with Gasteiger partial charge in [0.05, 0.1) is 5.02 Å². The highest BCUT2D eigenvalue weighted by Gasteiger charge is 2.16. The van der Waals surface area contributed by atoms with E-state index >= 15 is 0 Å². The smallest absolute Gasteiger partial charge is 0.263 e. The molecule has 1 saturated carbocycles. The third-order valence-electron chi connectivity index (χ3n) is 6.15. The maximum absolute atomic E-state index is 12.6. The summed E-state index contributed by atoms with van der Waals surface area (Å²) in [6.45, 7) is 0.447. The van der Waals surface area contributed by atoms with Crippen LogP contribution >= 0.6 is 22.9 Å². The van der Waals surface area contributed by atoms with Crippen LogP contribution in [0, 0.1) is 0 Å². The van der Waals surface area contributed by atoms with Crippen LogP contribution in [0.15, 0.2) is 73.1 Å². The molecule has 5 rings (SSSR count). The van der Waals surface area contributed by atoms with E-state index in [1.807, 2.05) is 54.6 Å². The SMILES string of the molecule is CNC1CCCCC1.O=C(NCc1cccc(-c2ccncc2)c1)c1sc2ccccc2c1Cl. The summed E-state index contributed by atoms with van der Waals surface area (Å²) < 4.78 is 1.02. The standard InChI is InChI=1S/C21H15ClN2OS.C7H15N/c22-19-17-6-1-2-7-18(17)26-20(19)21(25)24-13-14-4-3-5-16(12-14)15-8-10-23-11-9-15;1-8-7-5-3-2-4-6-7/h1-12H,13H2,(H,24,25);7-8H,2-6H2,1H3. The van der Waals surface area contributed by atoms with Crippen molar-refractivity contribution in [2.45, 2.75) is 44.7 Å². The topological polar surface area (TPSA) is 54.0 Å². The minimum atomic E-state index is -0.148. The number of hydrogen-bond donors (Lipinski definition) is 2. The van der Waals surface area contributed by atoms with Gasteiger partial charge in [0.25, 0.3) is 5.91 Å². The number of amides is 1. The molecule has 4 nitrogen and oxygen atoms in total. The van der Waals surface area contributed by atoms with Crippen LogP contribution in [0.5, 0.6) is 0 Å². The van der Waals surface area contributed by atoms with Crippen LogP contribution in [-0.2, 0) is 6.54 Å². The monoisotopic (exact) mass is 491 g/mol. The molecule has 1 aliphatic rings. The van der Waals surface area contributed by atoms with Crippen molar-refractivity contribution in [2.75, 3.05) is 7.05 Å². The predicted octanol–water partition coefficient (Wildman–Crippen LogP) is 7.09. The molecule has 0 saturated heterocycles. The normalized spacial score (nSPS) is 13.8. The Hall–Kier alpha value is -2.73. The van der Waals surface area contributed by atoms with Crippen LogP contribution in [0.2, 0.25) is 5.02 Å². The van der Waals surface area contributed by atoms with E-state index in [0.29, 0.717) is 16.4 Å². The van der Waals surface area contributed by atoms with E-state index in [9.17, 15) is 4.79 Å². The van der Waals surface area contributed by atoms with Crippen molar-refractivity contribution in [1.82, 2.24) is 15.6 Å². The molecule has 0 radical (unpaired) electrons. The number of benzene rings is 2. The van der Waals surface area contributed by atoms with Gasteiger partial charge in [-0.05, 0) is 60.8 Å². The van der Waals surface area contributed by atoms with Gasteiger partial charge in [-0.2, -0.15) is 0 Å². The molecule has 0 bridgehead atoms. The minimum Gasteiger partial charge on any atom is -0.347 e. The van der Waals surface area contributed by atoms with E-state index in [0.717, 1.165) is 32.8 Å². The van der Waals surface area contributed by atoms with Crippen molar-refractivity contribution in [3.63, 3.8) is 0 Å². The highest BCUT2D eigenvalue weighted by atomic mass is 35.5. The van der Waals surface area contributed by atoms with Gasteiger partial charge >= 0.3 is 0 Å². The summed E-state index contributed by atoms with van der Waals surface area (Å²) in [5, 5.41) is 7.72. The Bertz CT molecular complexity index is 1220. The largest absolute Gasteiger partial charge is 0.347 e. The van der Waals surface area contributed by atoms with Crippen molar-refractivity contribution in [3.05, 3.63) is 88.5 Å². The van der Waals surface area contributed by atoms with Gasteiger partial charge in [-0.1, -0.05) is 67.3 Å². The Labute approximate surface area is 210 Å². The summed E-state index contributed by atoms with van der Waals surface area (Å²) in [6, 6.07) is 20.7. The second-order valence-corrected chi connectivity index (χ2v) is 9.91. The Morgan fingerprint density at radius 1 is 1.00 bits per heavy atom. The van der Waals surface area contributed by atoms with Gasteiger partial charge in [0, 0.05) is 35.1 Å². The zero-order chi connectivity index (χ0) is 23.8. The molecule has 0 spiro atoms. The molecule has 2 heterocycles. The van der Waals surface area contributed by atoms with Crippen molar-refractivity contribution in [2.24, 2.45) is 0 Å². The minimum absolute atomic E-state index is 0.148. The van der Waals surface area contributed by atoms with Gasteiger partial charge in [-0.15, -0.1) is 11.3 Å². The molecule has 2 N–H and O–H groups in total. The van der Waals surface area contributed by atoms with E-state index in [-0.39, 0.29) is 5.91 Å². The van der Waals surface area contributed by atoms with E-state index < -0.39 is 0 Å². The number of nitrogens with zero attached hydrogens (tertiary/aromatic N) is 1. The van der Waals surface area contributed by atoms with Crippen LogP contribution in [0.1, 0.15) is 47.3 Å². The molecular formula is C28H30ClN3OS. The zero-order valence-electron chi connectivity index (χ0n) is 19.4. The van der Waals surface area contributed by atoms with Gasteiger partial charge in [0.2, 0.25) is 0 Å². The van der Waals surface area contributed by atoms with Crippen LogP contribution in [-0.4, -0.2) is 24.0 Å². The Morgan fingerprint density at radius 2 is 1.76 bits per heavy atom. The van der Waals surface area contributed by atoms with Gasteiger partial charge in [-0.3, -0.25) is 9.78 Å². The van der Waals surface area contributed by atoms with Crippen molar-refractivity contribution >= 4 is 38.9 Å². The van der Waals surface area contributed by atoms with Crippen LogP contribution < -0.4 is 10.6 Å². The average Bonchev–Trinajstić information content (AvgIpc) is 3.25. The molecule has 0 aliphatic heterocycles. The summed E-state index contributed by atoms with van der Waals surface area (Å²) in [5.41, 5.74) is 3.23. The van der Waals surface area contributed by atoms with Crippen molar-refractivity contribution < 1.29 is 4.79 Å². The molecule has 0 unspecified atom stereocenters. The molecule has 0 atom stereocenters. The maximum atomic E-state index is 12.6. The lowest BCUT2D eigenvalue weighted by atomic mass is 9.96. The zero-order valence-corrected chi connectivity index (χ0v) is 21.0. The lowest BCUT2D eigenvalue weighted by molar-refractivity contribution is 0.0955. The van der Waals surface area contributed by atoms with E-state index in [2.05, 4.69) is 28.7 Å². The van der Waals surface area contributed by atoms with Crippen LogP contribution in [0.3, 0.4) is 0 Å². The second kappa shape index (κ2) is 12.1. The van der Waals surface area contributed by atoms with Gasteiger partial charge in [-0.25, -0.2) is 0 Å². The molecule has 6 heteroatoms. The number of rotatable bonds is 5. The molecule has 34 heavy (non-hydrogen) atoms. The van der Waals surface area contributed by atoms with Gasteiger partial charge < -0.3 is 10.6 Å². The Morgan fingerprint density at radius 3 is 2.47 bits per heavy atom. The van der Waals surface area contributed by atoms with Gasteiger partial charge in [0.15, 0.2) is 0 Å². The first-order valence-electron chi connectivity index (χ1n) is 11.8. The van der Waals surface area contributed by atoms with Crippen LogP contribution in [0.4, 0.5) is 0 Å². The second-order valence-electron chi connectivity index (χ2n) is 8.48. The number of carbonyl (C=O) groups is 1. The highest BCUT2D eigenvalue weighted by Crippen LogP contribution is 2.35. The fourth-order valence-electron chi connectivity index (χ4n) is 4.22. The molecule has 176 valence electrons. The van der Waals surface area contributed by atoms with E-state index in [1.165, 1.54) is 43.4 Å². The van der Waals surface area contributed by atoms with E-state index in [1.54, 1.807) is 12.4 Å². The molecule has 1 aliphatic carbocycles. The molecule has 1 fully saturated rings. The highest BCUT2D eigenvalue weighted by molar-refractivity contribution is 7.21. The number of nitrogens with one attached hydrogen (secondary N) is 2. The number of pyridine rings is 1. The number of aromatic nitrogens is 1. The molecule has 2 aromatic heterocycles. The number of thiophene rings is 1. The molecule has 2 aromatic carbocycles. The molecular weight excluding hydrogens is 462 g/mol. The quantitative estimate of drug-likeness (QED) is 0.313. The summed E-state index contributed by atoms with van der Waals surface area (Å²) in [5.74, 6) is -0.148. The third-order valence-corrected chi connectivity index (χ3v) is 7.82. The fraction of sp³-hybridized carbons (Fsp3) is 0.286. The summed E-state index contributed by atoms with van der Waals surface area (Å²) in [7, 11) is 2.07. The third kappa shape index (κ3) is 6.23. The number of hydrogen-bond acceptors (Lipinski definition) is 4. The molecule has 1 amide bonds. The first kappa shape index (κ1) is 24.4. The molecule has 4 aromatic rings.